The van der Waals surface area contributed by atoms with Crippen molar-refractivity contribution >= 4 is 16.8 Å². The highest BCUT2D eigenvalue weighted by Crippen LogP contribution is 2.49. The Balaban J connectivity index is 1.68. The van der Waals surface area contributed by atoms with E-state index in [9.17, 15) is 9.59 Å². The second-order valence-electron chi connectivity index (χ2n) is 8.85. The highest BCUT2D eigenvalue weighted by molar-refractivity contribution is 5.83. The Morgan fingerprint density at radius 1 is 1.09 bits per heavy atom. The summed E-state index contributed by atoms with van der Waals surface area (Å²) in [7, 11) is 3.27. The second-order valence-corrected chi connectivity index (χ2v) is 8.85. The van der Waals surface area contributed by atoms with Gasteiger partial charge in [0.05, 0.1) is 30.1 Å². The van der Waals surface area contributed by atoms with Gasteiger partial charge in [0.1, 0.15) is 5.82 Å². The van der Waals surface area contributed by atoms with Crippen molar-refractivity contribution in [3.63, 3.8) is 0 Å². The molecular formula is C27H33N3O4. The zero-order chi connectivity index (χ0) is 24.1. The van der Waals surface area contributed by atoms with Crippen LogP contribution in [-0.4, -0.2) is 54.3 Å². The summed E-state index contributed by atoms with van der Waals surface area (Å²) >= 11 is 0. The number of benzene rings is 2. The number of hydrogen-bond donors (Lipinski definition) is 0. The van der Waals surface area contributed by atoms with E-state index in [2.05, 4.69) is 12.1 Å². The molecule has 1 saturated carbocycles. The maximum Gasteiger partial charge on any atom is 0.261 e. The van der Waals surface area contributed by atoms with Crippen LogP contribution in [0, 0.1) is 5.92 Å². The summed E-state index contributed by atoms with van der Waals surface area (Å²) in [5, 5.41) is 0.568. The zero-order valence-electron chi connectivity index (χ0n) is 20.1. The molecule has 0 N–H and O–H groups in total. The van der Waals surface area contributed by atoms with Crippen LogP contribution in [0.4, 0.5) is 0 Å². The van der Waals surface area contributed by atoms with Crippen molar-refractivity contribution in [1.82, 2.24) is 14.5 Å². The van der Waals surface area contributed by atoms with Gasteiger partial charge in [0.15, 0.2) is 0 Å². The molecule has 3 aromatic rings. The summed E-state index contributed by atoms with van der Waals surface area (Å²) < 4.78 is 12.2. The molecule has 0 radical (unpaired) electrons. The average molecular weight is 464 g/mol. The van der Waals surface area contributed by atoms with Crippen molar-refractivity contribution in [3.8, 4) is 0 Å². The molecule has 0 aliphatic heterocycles. The van der Waals surface area contributed by atoms with E-state index in [1.807, 2.05) is 48.2 Å². The highest BCUT2D eigenvalue weighted by Gasteiger charge is 2.46. The van der Waals surface area contributed by atoms with Crippen LogP contribution >= 0.6 is 0 Å². The number of rotatable bonds is 11. The number of hydrogen-bond acceptors (Lipinski definition) is 5. The standard InChI is InChI=1S/C27H33N3O4/c1-19(25-28-24-13-8-7-12-21(24)26(31)30(25)15-17-34-3)29(14-9-16-33-2)27(32)23-18-22(23)20-10-5-4-6-11-20/h4-8,10-13,19,22-23H,9,14-18H2,1-3H3. The van der Waals surface area contributed by atoms with E-state index in [1.165, 1.54) is 5.56 Å². The lowest BCUT2D eigenvalue weighted by Crippen LogP contribution is -2.40. The van der Waals surface area contributed by atoms with Gasteiger partial charge < -0.3 is 14.4 Å². The number of amides is 1. The summed E-state index contributed by atoms with van der Waals surface area (Å²) in [6.45, 7) is 3.83. The molecular weight excluding hydrogens is 430 g/mol. The lowest BCUT2D eigenvalue weighted by atomic mass is 10.1. The predicted octanol–water partition coefficient (Wildman–Crippen LogP) is 3.77. The largest absolute Gasteiger partial charge is 0.385 e. The summed E-state index contributed by atoms with van der Waals surface area (Å²) in [5.74, 6) is 0.889. The van der Waals surface area contributed by atoms with Crippen LogP contribution in [0.3, 0.4) is 0 Å². The first-order valence-electron chi connectivity index (χ1n) is 11.9. The first kappa shape index (κ1) is 24.1. The Labute approximate surface area is 200 Å². The molecule has 1 amide bonds. The normalized spacial score (nSPS) is 18.1. The highest BCUT2D eigenvalue weighted by atomic mass is 16.5. The van der Waals surface area contributed by atoms with Crippen molar-refractivity contribution in [1.29, 1.82) is 0 Å². The molecule has 0 bridgehead atoms. The molecule has 1 aromatic heterocycles. The number of carbonyl (C=O) groups excluding carboxylic acids is 1. The molecule has 4 rings (SSSR count). The predicted molar refractivity (Wildman–Crippen MR) is 132 cm³/mol. The third-order valence-electron chi connectivity index (χ3n) is 6.62. The van der Waals surface area contributed by atoms with Crippen molar-refractivity contribution in [3.05, 3.63) is 76.3 Å². The van der Waals surface area contributed by atoms with Crippen LogP contribution in [0.1, 0.15) is 43.1 Å². The molecule has 1 fully saturated rings. The van der Waals surface area contributed by atoms with E-state index >= 15 is 0 Å². The third-order valence-corrected chi connectivity index (χ3v) is 6.62. The Morgan fingerprint density at radius 3 is 2.53 bits per heavy atom. The molecule has 1 aliphatic rings. The minimum Gasteiger partial charge on any atom is -0.385 e. The second kappa shape index (κ2) is 10.9. The first-order valence-corrected chi connectivity index (χ1v) is 11.9. The molecule has 34 heavy (non-hydrogen) atoms. The van der Waals surface area contributed by atoms with Crippen LogP contribution in [0.25, 0.3) is 10.9 Å². The van der Waals surface area contributed by atoms with E-state index in [0.717, 1.165) is 6.42 Å². The van der Waals surface area contributed by atoms with Crippen molar-refractivity contribution < 1.29 is 14.3 Å². The summed E-state index contributed by atoms with van der Waals surface area (Å²) in [6, 6.07) is 17.2. The van der Waals surface area contributed by atoms with Crippen LogP contribution < -0.4 is 5.56 Å². The van der Waals surface area contributed by atoms with Gasteiger partial charge in [-0.3, -0.25) is 14.2 Å². The van der Waals surface area contributed by atoms with E-state index in [4.69, 9.17) is 14.5 Å². The molecule has 1 aliphatic carbocycles. The Kier molecular flexibility index (Phi) is 7.75. The Hall–Kier alpha value is -3.03. The number of aromatic nitrogens is 2. The summed E-state index contributed by atoms with van der Waals surface area (Å²) in [5.41, 5.74) is 1.73. The maximum absolute atomic E-state index is 13.7. The van der Waals surface area contributed by atoms with Crippen LogP contribution in [-0.2, 0) is 20.8 Å². The molecule has 3 atom stereocenters. The number of nitrogens with zero attached hydrogens (tertiary/aromatic N) is 3. The van der Waals surface area contributed by atoms with E-state index in [-0.39, 0.29) is 29.3 Å². The minimum atomic E-state index is -0.365. The van der Waals surface area contributed by atoms with Crippen molar-refractivity contribution in [2.45, 2.75) is 38.3 Å². The van der Waals surface area contributed by atoms with Crippen molar-refractivity contribution in [2.75, 3.05) is 34.0 Å². The molecule has 1 heterocycles. The first-order chi connectivity index (χ1) is 16.6. The fraction of sp³-hybridized carbons (Fsp3) is 0.444. The van der Waals surface area contributed by atoms with E-state index in [1.54, 1.807) is 24.9 Å². The number of carbonyl (C=O) groups is 1. The van der Waals surface area contributed by atoms with Gasteiger partial charge in [-0.2, -0.15) is 0 Å². The van der Waals surface area contributed by atoms with Gasteiger partial charge >= 0.3 is 0 Å². The Morgan fingerprint density at radius 2 is 1.79 bits per heavy atom. The molecule has 0 saturated heterocycles. The molecule has 180 valence electrons. The van der Waals surface area contributed by atoms with Gasteiger partial charge in [-0.15, -0.1) is 0 Å². The molecule has 0 spiro atoms. The van der Waals surface area contributed by atoms with Gasteiger partial charge in [0.25, 0.3) is 5.56 Å². The van der Waals surface area contributed by atoms with Gasteiger partial charge in [0.2, 0.25) is 5.91 Å². The minimum absolute atomic E-state index is 0.0491. The number of ether oxygens (including phenoxy) is 2. The van der Waals surface area contributed by atoms with Crippen molar-refractivity contribution in [2.24, 2.45) is 5.92 Å². The van der Waals surface area contributed by atoms with Gasteiger partial charge in [0, 0.05) is 33.3 Å². The topological polar surface area (TPSA) is 73.7 Å². The quantitative estimate of drug-likeness (QED) is 0.405. The third kappa shape index (κ3) is 5.05. The number of methoxy groups -OCH3 is 2. The zero-order valence-corrected chi connectivity index (χ0v) is 20.1. The van der Waals surface area contributed by atoms with Crippen LogP contribution in [0.2, 0.25) is 0 Å². The van der Waals surface area contributed by atoms with Crippen LogP contribution in [0.15, 0.2) is 59.4 Å². The smallest absolute Gasteiger partial charge is 0.261 e. The summed E-state index contributed by atoms with van der Waals surface area (Å²) in [4.78, 5) is 33.8. The van der Waals surface area contributed by atoms with Gasteiger partial charge in [-0.25, -0.2) is 4.98 Å². The Bertz CT molecular complexity index is 1180. The maximum atomic E-state index is 13.7. The summed E-state index contributed by atoms with van der Waals surface area (Å²) in [6.07, 6.45) is 1.56. The van der Waals surface area contributed by atoms with E-state index in [0.29, 0.717) is 49.5 Å². The monoisotopic (exact) mass is 463 g/mol. The fourth-order valence-electron chi connectivity index (χ4n) is 4.67. The number of para-hydroxylation sites is 1. The molecule has 7 heteroatoms. The lowest BCUT2D eigenvalue weighted by molar-refractivity contribution is -0.135. The fourth-order valence-corrected chi connectivity index (χ4v) is 4.67. The van der Waals surface area contributed by atoms with Crippen LogP contribution in [0.5, 0.6) is 0 Å². The average Bonchev–Trinajstić information content (AvgIpc) is 3.67. The van der Waals surface area contributed by atoms with Gasteiger partial charge in [-0.1, -0.05) is 42.5 Å². The number of fused-ring (bicyclic) bond motifs is 1. The molecule has 7 nitrogen and oxygen atoms in total. The molecule has 3 unspecified atom stereocenters. The van der Waals surface area contributed by atoms with Gasteiger partial charge in [-0.05, 0) is 43.4 Å². The molecule has 2 aromatic carbocycles. The SMILES string of the molecule is COCCCN(C(=O)C1CC1c1ccccc1)C(C)c1nc2ccccc2c(=O)n1CCOC. The van der Waals surface area contributed by atoms with E-state index < -0.39 is 0 Å². The lowest BCUT2D eigenvalue weighted by Gasteiger charge is -2.31.